The number of thiol groups is 2. The highest BCUT2D eigenvalue weighted by Crippen LogP contribution is 2.31. The van der Waals surface area contributed by atoms with Gasteiger partial charge in [0.05, 0.1) is 13.1 Å². The summed E-state index contributed by atoms with van der Waals surface area (Å²) in [5, 5.41) is 0. The zero-order chi connectivity index (χ0) is 25.5. The topological polar surface area (TPSA) is 47.1 Å². The molecule has 0 saturated carbocycles. The van der Waals surface area contributed by atoms with Crippen molar-refractivity contribution in [2.45, 2.75) is 104 Å². The summed E-state index contributed by atoms with van der Waals surface area (Å²) in [7, 11) is 0. The summed E-state index contributed by atoms with van der Waals surface area (Å²) >= 11 is 9.33. The minimum absolute atomic E-state index is 0.0751. The van der Waals surface area contributed by atoms with Gasteiger partial charge in [-0.15, -0.1) is 25.3 Å². The Morgan fingerprint density at radius 2 is 1.00 bits per heavy atom. The quantitative estimate of drug-likeness (QED) is 0.241. The van der Waals surface area contributed by atoms with E-state index in [-0.39, 0.29) is 33.6 Å². The lowest BCUT2D eigenvalue weighted by molar-refractivity contribution is -0.129. The number of hydrogen-bond acceptors (Lipinski definition) is 6. The van der Waals surface area contributed by atoms with E-state index < -0.39 is 0 Å². The molecular weight excluding hydrogens is 464 g/mol. The molecule has 0 aromatic rings. The highest BCUT2D eigenvalue weighted by Gasteiger charge is 2.38. The van der Waals surface area contributed by atoms with Crippen LogP contribution in [0.4, 0.5) is 0 Å². The summed E-state index contributed by atoms with van der Waals surface area (Å²) in [6, 6.07) is 0. The molecule has 2 rings (SSSR count). The summed E-state index contributed by atoms with van der Waals surface area (Å²) in [5.41, 5.74) is 0.0910. The van der Waals surface area contributed by atoms with Gasteiger partial charge in [0.2, 0.25) is 11.8 Å². The Kier molecular flexibility index (Phi) is 11.6. The van der Waals surface area contributed by atoms with Crippen molar-refractivity contribution in [2.24, 2.45) is 10.8 Å². The van der Waals surface area contributed by atoms with E-state index in [0.717, 1.165) is 39.0 Å². The largest absolute Gasteiger partial charge is 0.316 e. The van der Waals surface area contributed by atoms with Crippen LogP contribution in [-0.4, -0.2) is 81.7 Å². The highest BCUT2D eigenvalue weighted by molar-refractivity contribution is 7.81. The molecule has 0 N–H and O–H groups in total. The molecule has 2 atom stereocenters. The smallest absolute Gasteiger partial charge is 0.238 e. The minimum Gasteiger partial charge on any atom is -0.316 e. The first kappa shape index (κ1) is 29.8. The zero-order valence-corrected chi connectivity index (χ0v) is 24.3. The Balaban J connectivity index is 1.58. The summed E-state index contributed by atoms with van der Waals surface area (Å²) in [4.78, 5) is 32.8. The fourth-order valence-corrected chi connectivity index (χ4v) is 6.14. The van der Waals surface area contributed by atoms with Crippen LogP contribution in [0.15, 0.2) is 0 Å². The summed E-state index contributed by atoms with van der Waals surface area (Å²) in [5.74, 6) is 0.416. The van der Waals surface area contributed by atoms with Crippen LogP contribution >= 0.6 is 25.3 Å². The lowest BCUT2D eigenvalue weighted by atomic mass is 9.85. The Morgan fingerprint density at radius 3 is 1.29 bits per heavy atom. The first-order chi connectivity index (χ1) is 15.9. The molecule has 6 nitrogen and oxygen atoms in total. The van der Waals surface area contributed by atoms with Crippen molar-refractivity contribution >= 4 is 37.1 Å². The zero-order valence-electron chi connectivity index (χ0n) is 22.6. The number of unbranched alkanes of at least 4 members (excludes halogenated alkanes) is 5. The van der Waals surface area contributed by atoms with Gasteiger partial charge in [0.1, 0.15) is 11.0 Å². The van der Waals surface area contributed by atoms with E-state index >= 15 is 0 Å². The lowest BCUT2D eigenvalue weighted by Gasteiger charge is -2.33. The molecule has 0 spiro atoms. The van der Waals surface area contributed by atoms with Crippen molar-refractivity contribution in [3.05, 3.63) is 0 Å². The second-order valence-corrected chi connectivity index (χ2v) is 12.7. The fraction of sp³-hybridized carbons (Fsp3) is 0.923. The summed E-state index contributed by atoms with van der Waals surface area (Å²) < 4.78 is 0. The Hall–Kier alpha value is -0.440. The molecule has 0 radical (unpaired) electrons. The monoisotopic (exact) mass is 514 g/mol. The lowest BCUT2D eigenvalue weighted by Crippen LogP contribution is -2.41. The van der Waals surface area contributed by atoms with Crippen molar-refractivity contribution < 1.29 is 9.59 Å². The van der Waals surface area contributed by atoms with E-state index in [1.54, 1.807) is 0 Å². The van der Waals surface area contributed by atoms with Crippen molar-refractivity contribution in [3.63, 3.8) is 0 Å². The molecule has 2 unspecified atom stereocenters. The molecule has 2 fully saturated rings. The van der Waals surface area contributed by atoms with Crippen molar-refractivity contribution in [2.75, 3.05) is 39.3 Å². The summed E-state index contributed by atoms with van der Waals surface area (Å²) in [6.07, 6.45) is 9.75. The molecule has 34 heavy (non-hydrogen) atoms. The number of likely N-dealkylation sites (N-methyl/N-ethyl adjacent to an activating group) is 2. The maximum absolute atomic E-state index is 12.3. The van der Waals surface area contributed by atoms with Crippen LogP contribution in [0.2, 0.25) is 0 Å². The molecule has 2 aliphatic heterocycles. The Bertz CT molecular complexity index is 617. The van der Waals surface area contributed by atoms with E-state index in [0.29, 0.717) is 13.1 Å². The average molecular weight is 515 g/mol. The Morgan fingerprint density at radius 1 is 0.676 bits per heavy atom. The second kappa shape index (κ2) is 13.2. The number of rotatable bonds is 15. The van der Waals surface area contributed by atoms with Crippen molar-refractivity contribution in [3.8, 4) is 0 Å². The number of hydrogen-bond donors (Lipinski definition) is 2. The molecule has 2 saturated heterocycles. The van der Waals surface area contributed by atoms with E-state index in [9.17, 15) is 9.59 Å². The Labute approximate surface area is 220 Å². The maximum atomic E-state index is 12.3. The van der Waals surface area contributed by atoms with Crippen LogP contribution in [0.5, 0.6) is 0 Å². The van der Waals surface area contributed by atoms with E-state index in [1.807, 2.05) is 9.80 Å². The summed E-state index contributed by atoms with van der Waals surface area (Å²) in [6.45, 7) is 17.6. The van der Waals surface area contributed by atoms with Gasteiger partial charge in [0, 0.05) is 13.1 Å². The van der Waals surface area contributed by atoms with Crippen LogP contribution < -0.4 is 0 Å². The predicted octanol–water partition coefficient (Wildman–Crippen LogP) is 4.91. The molecule has 198 valence electrons. The normalized spacial score (nSPS) is 23.1. The van der Waals surface area contributed by atoms with Crippen LogP contribution in [-0.2, 0) is 9.59 Å². The van der Waals surface area contributed by atoms with E-state index in [4.69, 9.17) is 0 Å². The fourth-order valence-electron chi connectivity index (χ4n) is 5.23. The number of carbonyl (C=O) groups excluding carboxylic acids is 2. The molecule has 8 heteroatoms. The van der Waals surface area contributed by atoms with Gasteiger partial charge >= 0.3 is 0 Å². The van der Waals surface area contributed by atoms with Crippen molar-refractivity contribution in [1.29, 1.82) is 0 Å². The van der Waals surface area contributed by atoms with Crippen LogP contribution in [0.25, 0.3) is 0 Å². The molecule has 2 amide bonds. The number of carbonyl (C=O) groups is 2. The molecule has 2 aliphatic rings. The van der Waals surface area contributed by atoms with Gasteiger partial charge in [-0.05, 0) is 36.8 Å². The predicted molar refractivity (Wildman–Crippen MR) is 148 cm³/mol. The van der Waals surface area contributed by atoms with Gasteiger partial charge in [-0.2, -0.15) is 0 Å². The number of amides is 2. The molecule has 0 aliphatic carbocycles. The van der Waals surface area contributed by atoms with Gasteiger partial charge in [0.15, 0.2) is 0 Å². The van der Waals surface area contributed by atoms with Gasteiger partial charge in [-0.1, -0.05) is 80.1 Å². The maximum Gasteiger partial charge on any atom is 0.238 e. The first-order valence-corrected chi connectivity index (χ1v) is 14.4. The molecule has 0 aromatic carbocycles. The molecule has 0 aromatic heterocycles. The van der Waals surface area contributed by atoms with Gasteiger partial charge < -0.3 is 9.80 Å². The SMILES string of the molecule is CCN1CC(=O)N(CC(C)(C)CCCCCCCCC(C)(C)CN2C(=O)CN(CC)C2S)C1S. The molecule has 2 heterocycles. The van der Waals surface area contributed by atoms with Crippen LogP contribution in [0, 0.1) is 10.8 Å². The van der Waals surface area contributed by atoms with E-state index in [2.05, 4.69) is 76.6 Å². The molecular formula is C26H50N4O2S2. The van der Waals surface area contributed by atoms with E-state index in [1.165, 1.54) is 38.5 Å². The van der Waals surface area contributed by atoms with Gasteiger partial charge in [-0.3, -0.25) is 19.4 Å². The third kappa shape index (κ3) is 8.59. The third-order valence-corrected chi connectivity index (χ3v) is 8.71. The van der Waals surface area contributed by atoms with Crippen LogP contribution in [0.1, 0.15) is 92.9 Å². The van der Waals surface area contributed by atoms with Crippen molar-refractivity contribution in [1.82, 2.24) is 19.6 Å². The number of nitrogens with zero attached hydrogens (tertiary/aromatic N) is 4. The van der Waals surface area contributed by atoms with Crippen LogP contribution in [0.3, 0.4) is 0 Å². The standard InChI is InChI=1S/C26H50N4O2S2/c1-7-27-17-21(31)29(23(27)33)19-25(3,4)15-13-11-9-10-12-14-16-26(5,6)20-30-22(32)18-28(8-2)24(30)34/h23-24,33-34H,7-20H2,1-6H3. The average Bonchev–Trinajstić information content (AvgIpc) is 3.19. The van der Waals surface area contributed by atoms with Gasteiger partial charge in [0.25, 0.3) is 0 Å². The highest BCUT2D eigenvalue weighted by atomic mass is 32.1. The van der Waals surface area contributed by atoms with Gasteiger partial charge in [-0.25, -0.2) is 0 Å². The second-order valence-electron chi connectivity index (χ2n) is 11.8. The first-order valence-electron chi connectivity index (χ1n) is 13.3. The third-order valence-electron chi connectivity index (χ3n) is 7.49. The minimum atomic E-state index is -0.0751. The molecule has 0 bridgehead atoms.